The van der Waals surface area contributed by atoms with Crippen LogP contribution in [0.5, 0.6) is 0 Å². The number of fused-ring (bicyclic) bond motifs is 1. The quantitative estimate of drug-likeness (QED) is 0.763. The predicted octanol–water partition coefficient (Wildman–Crippen LogP) is 3.76. The summed E-state index contributed by atoms with van der Waals surface area (Å²) in [6.07, 6.45) is 0.934. The number of benzene rings is 2. The highest BCUT2D eigenvalue weighted by atomic mass is 35.5. The van der Waals surface area contributed by atoms with Gasteiger partial charge in [-0.05, 0) is 24.3 Å². The Morgan fingerprint density at radius 1 is 1.08 bits per heavy atom. The van der Waals surface area contributed by atoms with E-state index in [2.05, 4.69) is 0 Å². The Kier molecular flexibility index (Phi) is 3.81. The predicted molar refractivity (Wildman–Crippen MR) is 81.4 cm³/mol. The van der Waals surface area contributed by atoms with Crippen LogP contribution in [0, 0.1) is 17.5 Å². The Morgan fingerprint density at radius 3 is 2.38 bits per heavy atom. The van der Waals surface area contributed by atoms with Gasteiger partial charge >= 0.3 is 5.97 Å². The molecular formula is C16H7ClF3NO3. The lowest BCUT2D eigenvalue weighted by atomic mass is 10.1. The van der Waals surface area contributed by atoms with Gasteiger partial charge in [-0.3, -0.25) is 4.79 Å². The lowest BCUT2D eigenvalue weighted by Crippen LogP contribution is -2.19. The van der Waals surface area contributed by atoms with Crippen molar-refractivity contribution in [3.63, 3.8) is 0 Å². The van der Waals surface area contributed by atoms with Crippen LogP contribution < -0.4 is 5.43 Å². The van der Waals surface area contributed by atoms with Gasteiger partial charge in [0, 0.05) is 12.3 Å². The van der Waals surface area contributed by atoms with Crippen LogP contribution in [0.1, 0.15) is 10.4 Å². The van der Waals surface area contributed by atoms with Gasteiger partial charge in [0.15, 0.2) is 11.6 Å². The zero-order chi connectivity index (χ0) is 17.6. The molecule has 1 N–H and O–H groups in total. The van der Waals surface area contributed by atoms with Gasteiger partial charge in [-0.2, -0.15) is 0 Å². The van der Waals surface area contributed by atoms with Crippen LogP contribution in [0.25, 0.3) is 16.6 Å². The molecule has 0 atom stereocenters. The second kappa shape index (κ2) is 5.68. The number of hydrogen-bond donors (Lipinski definition) is 1. The van der Waals surface area contributed by atoms with Crippen LogP contribution in [0.2, 0.25) is 5.02 Å². The van der Waals surface area contributed by atoms with E-state index in [0.29, 0.717) is 6.07 Å². The SMILES string of the molecule is O=C(O)c1cn(-c2ccc(F)cc2Cl)c2cc(F)c(F)cc2c1=O. The zero-order valence-corrected chi connectivity index (χ0v) is 12.4. The van der Waals surface area contributed by atoms with Gasteiger partial charge in [0.05, 0.1) is 21.6 Å². The molecule has 0 radical (unpaired) electrons. The standard InChI is InChI=1S/C16H7ClF3NO3/c17-10-3-7(18)1-2-13(10)21-6-9(16(23)24)15(22)8-4-11(19)12(20)5-14(8)21/h1-6H,(H,23,24). The normalized spacial score (nSPS) is 11.0. The average Bonchev–Trinajstić information content (AvgIpc) is 2.50. The van der Waals surface area contributed by atoms with Crippen molar-refractivity contribution >= 4 is 28.5 Å². The number of carbonyl (C=O) groups is 1. The summed E-state index contributed by atoms with van der Waals surface area (Å²) in [5.41, 5.74) is -1.62. The number of aromatic nitrogens is 1. The maximum absolute atomic E-state index is 13.6. The summed E-state index contributed by atoms with van der Waals surface area (Å²) in [7, 11) is 0. The van der Waals surface area contributed by atoms with Crippen LogP contribution in [0.3, 0.4) is 0 Å². The van der Waals surface area contributed by atoms with E-state index in [1.54, 1.807) is 0 Å². The van der Waals surface area contributed by atoms with Gasteiger partial charge in [-0.25, -0.2) is 18.0 Å². The van der Waals surface area contributed by atoms with Crippen LogP contribution in [0.15, 0.2) is 41.3 Å². The van der Waals surface area contributed by atoms with E-state index >= 15 is 0 Å². The monoisotopic (exact) mass is 353 g/mol. The van der Waals surface area contributed by atoms with Crippen LogP contribution in [0.4, 0.5) is 13.2 Å². The molecule has 0 amide bonds. The number of halogens is 4. The van der Waals surface area contributed by atoms with Gasteiger partial charge in [0.25, 0.3) is 0 Å². The van der Waals surface area contributed by atoms with Crippen molar-refractivity contribution in [2.75, 3.05) is 0 Å². The number of carboxylic acids is 1. The molecule has 0 saturated heterocycles. The third-order valence-electron chi connectivity index (χ3n) is 3.45. The highest BCUT2D eigenvalue weighted by molar-refractivity contribution is 6.32. The van der Waals surface area contributed by atoms with Crippen LogP contribution >= 0.6 is 11.6 Å². The number of aromatic carboxylic acids is 1. The Labute approximate surface area is 137 Å². The maximum Gasteiger partial charge on any atom is 0.341 e. The van der Waals surface area contributed by atoms with Crippen molar-refractivity contribution in [2.45, 2.75) is 0 Å². The third kappa shape index (κ3) is 2.52. The van der Waals surface area contributed by atoms with Crippen LogP contribution in [-0.2, 0) is 0 Å². The molecule has 24 heavy (non-hydrogen) atoms. The first-order chi connectivity index (χ1) is 11.3. The van der Waals surface area contributed by atoms with E-state index in [1.807, 2.05) is 0 Å². The highest BCUT2D eigenvalue weighted by Gasteiger charge is 2.18. The van der Waals surface area contributed by atoms with Gasteiger partial charge in [0.1, 0.15) is 11.4 Å². The van der Waals surface area contributed by atoms with E-state index < -0.39 is 34.4 Å². The first-order valence-electron chi connectivity index (χ1n) is 6.52. The first kappa shape index (κ1) is 16.1. The van der Waals surface area contributed by atoms with Gasteiger partial charge in [-0.15, -0.1) is 0 Å². The lowest BCUT2D eigenvalue weighted by Gasteiger charge is -2.14. The van der Waals surface area contributed by atoms with E-state index in [0.717, 1.165) is 29.0 Å². The summed E-state index contributed by atoms with van der Waals surface area (Å²) in [4.78, 5) is 23.4. The number of pyridine rings is 1. The minimum absolute atomic E-state index is 0.0963. The molecule has 3 rings (SSSR count). The molecule has 0 aliphatic heterocycles. The Bertz CT molecular complexity index is 1060. The summed E-state index contributed by atoms with van der Waals surface area (Å²) in [5.74, 6) is -4.70. The molecule has 0 fully saturated rings. The smallest absolute Gasteiger partial charge is 0.341 e. The fourth-order valence-corrected chi connectivity index (χ4v) is 2.61. The first-order valence-corrected chi connectivity index (χ1v) is 6.90. The molecule has 1 heterocycles. The van der Waals surface area contributed by atoms with Crippen molar-refractivity contribution in [3.8, 4) is 5.69 Å². The van der Waals surface area contributed by atoms with E-state index in [4.69, 9.17) is 16.7 Å². The van der Waals surface area contributed by atoms with Gasteiger partial charge in [-0.1, -0.05) is 11.6 Å². The molecule has 2 aromatic carbocycles. The van der Waals surface area contributed by atoms with Crippen molar-refractivity contribution in [1.29, 1.82) is 0 Å². The average molecular weight is 354 g/mol. The second-order valence-corrected chi connectivity index (χ2v) is 5.33. The highest BCUT2D eigenvalue weighted by Crippen LogP contribution is 2.26. The summed E-state index contributed by atoms with van der Waals surface area (Å²) in [5, 5.41) is 8.72. The lowest BCUT2D eigenvalue weighted by molar-refractivity contribution is 0.0695. The van der Waals surface area contributed by atoms with E-state index in [1.165, 1.54) is 6.07 Å². The Balaban J connectivity index is 2.50. The molecule has 0 spiro atoms. The molecule has 122 valence electrons. The van der Waals surface area contributed by atoms with Crippen LogP contribution in [-0.4, -0.2) is 15.6 Å². The van der Waals surface area contributed by atoms with Crippen molar-refractivity contribution in [1.82, 2.24) is 4.57 Å². The van der Waals surface area contributed by atoms with Gasteiger partial charge in [0.2, 0.25) is 5.43 Å². The molecule has 0 aliphatic rings. The topological polar surface area (TPSA) is 59.3 Å². The van der Waals surface area contributed by atoms with Crippen molar-refractivity contribution in [3.05, 3.63) is 74.8 Å². The summed E-state index contributed by atoms with van der Waals surface area (Å²) in [6, 6.07) is 4.63. The maximum atomic E-state index is 13.6. The minimum atomic E-state index is -1.54. The second-order valence-electron chi connectivity index (χ2n) is 4.93. The molecule has 0 unspecified atom stereocenters. The van der Waals surface area contributed by atoms with E-state index in [9.17, 15) is 22.8 Å². The van der Waals surface area contributed by atoms with E-state index in [-0.39, 0.29) is 21.6 Å². The molecule has 0 bridgehead atoms. The van der Waals surface area contributed by atoms with Gasteiger partial charge < -0.3 is 9.67 Å². The fourth-order valence-electron chi connectivity index (χ4n) is 2.35. The molecule has 8 heteroatoms. The Morgan fingerprint density at radius 2 is 1.75 bits per heavy atom. The number of carboxylic acid groups (broad SMARTS) is 1. The largest absolute Gasteiger partial charge is 0.477 e. The van der Waals surface area contributed by atoms with Crippen molar-refractivity contribution < 1.29 is 23.1 Å². The number of rotatable bonds is 2. The molecule has 3 aromatic rings. The molecule has 4 nitrogen and oxygen atoms in total. The summed E-state index contributed by atoms with van der Waals surface area (Å²) >= 11 is 5.95. The molecular weight excluding hydrogens is 347 g/mol. The number of nitrogens with zero attached hydrogens (tertiary/aromatic N) is 1. The third-order valence-corrected chi connectivity index (χ3v) is 3.75. The molecule has 0 aliphatic carbocycles. The Hall–Kier alpha value is -2.80. The van der Waals surface area contributed by atoms with Crippen molar-refractivity contribution in [2.24, 2.45) is 0 Å². The molecule has 0 saturated carbocycles. The number of hydrogen-bond acceptors (Lipinski definition) is 2. The minimum Gasteiger partial charge on any atom is -0.477 e. The molecule has 1 aromatic heterocycles. The summed E-state index contributed by atoms with van der Waals surface area (Å²) in [6.45, 7) is 0. The summed E-state index contributed by atoms with van der Waals surface area (Å²) < 4.78 is 41.4. The zero-order valence-electron chi connectivity index (χ0n) is 11.7. The fraction of sp³-hybridized carbons (Fsp3) is 0.